The lowest BCUT2D eigenvalue weighted by molar-refractivity contribution is 0.0945. The van der Waals surface area contributed by atoms with E-state index in [0.29, 0.717) is 29.1 Å². The number of carbonyl (C=O) groups is 2. The number of furan rings is 1. The minimum atomic E-state index is -0.393. The number of halogens is 1. The van der Waals surface area contributed by atoms with E-state index in [4.69, 9.17) is 9.15 Å². The summed E-state index contributed by atoms with van der Waals surface area (Å²) in [6.07, 6.45) is 0. The fourth-order valence-electron chi connectivity index (χ4n) is 2.81. The molecule has 2 N–H and O–H groups in total. The van der Waals surface area contributed by atoms with Gasteiger partial charge in [0.05, 0.1) is 6.54 Å². The zero-order chi connectivity index (χ0) is 20.8. The summed E-state index contributed by atoms with van der Waals surface area (Å²) in [5, 5.41) is 5.53. The SMILES string of the molecule is Cc1cccc(C)c1OCCNC(=O)c1cccc(NC(=O)c2ccc(Br)o2)c1. The highest BCUT2D eigenvalue weighted by molar-refractivity contribution is 9.10. The molecule has 7 heteroatoms. The third kappa shape index (κ3) is 5.48. The molecule has 1 heterocycles. The Morgan fingerprint density at radius 1 is 1.00 bits per heavy atom. The predicted molar refractivity (Wildman–Crippen MR) is 115 cm³/mol. The summed E-state index contributed by atoms with van der Waals surface area (Å²) in [5.74, 6) is 0.383. The standard InChI is InChI=1S/C22H21BrN2O4/c1-14-5-3-6-15(2)20(14)28-12-11-24-21(26)16-7-4-8-17(13-16)25-22(27)18-9-10-19(23)29-18/h3-10,13H,11-12H2,1-2H3,(H,24,26)(H,25,27). The molecule has 0 saturated carbocycles. The third-order valence-electron chi connectivity index (χ3n) is 4.22. The summed E-state index contributed by atoms with van der Waals surface area (Å²) in [7, 11) is 0. The number of amides is 2. The molecule has 0 atom stereocenters. The Kier molecular flexibility index (Phi) is 6.72. The van der Waals surface area contributed by atoms with Gasteiger partial charge in [0.1, 0.15) is 12.4 Å². The molecule has 1 aromatic heterocycles. The molecule has 0 aliphatic rings. The molecule has 0 fully saturated rings. The maximum atomic E-state index is 12.4. The molecule has 0 bridgehead atoms. The lowest BCUT2D eigenvalue weighted by Gasteiger charge is -2.12. The van der Waals surface area contributed by atoms with Crippen molar-refractivity contribution >= 4 is 33.4 Å². The van der Waals surface area contributed by atoms with E-state index >= 15 is 0 Å². The monoisotopic (exact) mass is 456 g/mol. The molecule has 3 aromatic rings. The van der Waals surface area contributed by atoms with Crippen molar-refractivity contribution in [3.63, 3.8) is 0 Å². The van der Waals surface area contributed by atoms with Crippen LogP contribution in [0.5, 0.6) is 5.75 Å². The number of hydrogen-bond donors (Lipinski definition) is 2. The largest absolute Gasteiger partial charge is 0.491 e. The van der Waals surface area contributed by atoms with Crippen molar-refractivity contribution in [2.24, 2.45) is 0 Å². The van der Waals surface area contributed by atoms with Crippen LogP contribution in [0.1, 0.15) is 32.0 Å². The number of para-hydroxylation sites is 1. The molecule has 3 rings (SSSR count). The molecule has 0 unspecified atom stereocenters. The number of benzene rings is 2. The number of hydrogen-bond acceptors (Lipinski definition) is 4. The Balaban J connectivity index is 1.53. The van der Waals surface area contributed by atoms with Gasteiger partial charge in [-0.1, -0.05) is 24.3 Å². The Hall–Kier alpha value is -3.06. The van der Waals surface area contributed by atoms with Crippen LogP contribution < -0.4 is 15.4 Å². The molecular weight excluding hydrogens is 436 g/mol. The van der Waals surface area contributed by atoms with Crippen molar-refractivity contribution in [3.8, 4) is 5.75 Å². The van der Waals surface area contributed by atoms with Crippen LogP contribution in [0.2, 0.25) is 0 Å². The quantitative estimate of drug-likeness (QED) is 0.504. The van der Waals surface area contributed by atoms with Crippen molar-refractivity contribution < 1.29 is 18.7 Å². The zero-order valence-electron chi connectivity index (χ0n) is 16.1. The summed E-state index contributed by atoms with van der Waals surface area (Å²) < 4.78 is 11.5. The van der Waals surface area contributed by atoms with Crippen LogP contribution >= 0.6 is 15.9 Å². The van der Waals surface area contributed by atoms with Crippen LogP contribution in [0.3, 0.4) is 0 Å². The van der Waals surface area contributed by atoms with Crippen LogP contribution in [0.4, 0.5) is 5.69 Å². The van der Waals surface area contributed by atoms with Gasteiger partial charge < -0.3 is 19.8 Å². The van der Waals surface area contributed by atoms with Gasteiger partial charge in [0.25, 0.3) is 11.8 Å². The van der Waals surface area contributed by atoms with E-state index in [1.54, 1.807) is 36.4 Å². The van der Waals surface area contributed by atoms with Gasteiger partial charge in [-0.2, -0.15) is 0 Å². The smallest absolute Gasteiger partial charge is 0.291 e. The lowest BCUT2D eigenvalue weighted by atomic mass is 10.1. The summed E-state index contributed by atoms with van der Waals surface area (Å²) in [6.45, 7) is 4.70. The highest BCUT2D eigenvalue weighted by Crippen LogP contribution is 2.22. The number of carbonyl (C=O) groups excluding carboxylic acids is 2. The second kappa shape index (κ2) is 9.43. The Bertz CT molecular complexity index is 1010. The number of aryl methyl sites for hydroxylation is 2. The minimum absolute atomic E-state index is 0.176. The molecule has 0 radical (unpaired) electrons. The Labute approximate surface area is 177 Å². The van der Waals surface area contributed by atoms with E-state index in [9.17, 15) is 9.59 Å². The molecule has 2 amide bonds. The maximum Gasteiger partial charge on any atom is 0.291 e. The summed E-state index contributed by atoms with van der Waals surface area (Å²) >= 11 is 3.16. The molecule has 150 valence electrons. The molecule has 0 spiro atoms. The number of anilines is 1. The first-order valence-electron chi connectivity index (χ1n) is 9.08. The Morgan fingerprint density at radius 2 is 1.72 bits per heavy atom. The fourth-order valence-corrected chi connectivity index (χ4v) is 3.12. The van der Waals surface area contributed by atoms with Gasteiger partial charge in [0.2, 0.25) is 0 Å². The van der Waals surface area contributed by atoms with Gasteiger partial charge in [0.15, 0.2) is 10.4 Å². The summed E-state index contributed by atoms with van der Waals surface area (Å²) in [4.78, 5) is 24.6. The van der Waals surface area contributed by atoms with Gasteiger partial charge in [-0.25, -0.2) is 0 Å². The molecule has 0 saturated heterocycles. The van der Waals surface area contributed by atoms with E-state index in [0.717, 1.165) is 16.9 Å². The van der Waals surface area contributed by atoms with Crippen molar-refractivity contribution in [2.45, 2.75) is 13.8 Å². The summed E-state index contributed by atoms with van der Waals surface area (Å²) in [5.41, 5.74) is 3.06. The second-order valence-electron chi connectivity index (χ2n) is 6.46. The molecule has 0 aliphatic carbocycles. The molecule has 29 heavy (non-hydrogen) atoms. The average Bonchev–Trinajstić information content (AvgIpc) is 3.13. The first kappa shape index (κ1) is 20.7. The highest BCUT2D eigenvalue weighted by atomic mass is 79.9. The third-order valence-corrected chi connectivity index (χ3v) is 4.65. The summed E-state index contributed by atoms with van der Waals surface area (Å²) in [6, 6.07) is 15.9. The van der Waals surface area contributed by atoms with Crippen molar-refractivity contribution in [3.05, 3.63) is 81.7 Å². The molecule has 6 nitrogen and oxygen atoms in total. The van der Waals surface area contributed by atoms with Gasteiger partial charge in [0, 0.05) is 11.3 Å². The van der Waals surface area contributed by atoms with Crippen molar-refractivity contribution in [1.82, 2.24) is 5.32 Å². The highest BCUT2D eigenvalue weighted by Gasteiger charge is 2.12. The van der Waals surface area contributed by atoms with Crippen LogP contribution in [-0.4, -0.2) is 25.0 Å². The van der Waals surface area contributed by atoms with Gasteiger partial charge >= 0.3 is 0 Å². The van der Waals surface area contributed by atoms with Gasteiger partial charge in [-0.15, -0.1) is 0 Å². The first-order valence-corrected chi connectivity index (χ1v) is 9.87. The lowest BCUT2D eigenvalue weighted by Crippen LogP contribution is -2.28. The van der Waals surface area contributed by atoms with E-state index < -0.39 is 5.91 Å². The topological polar surface area (TPSA) is 80.6 Å². The molecule has 2 aromatic carbocycles. The van der Waals surface area contributed by atoms with Crippen molar-refractivity contribution in [2.75, 3.05) is 18.5 Å². The van der Waals surface area contributed by atoms with Crippen LogP contribution in [-0.2, 0) is 0 Å². The van der Waals surface area contributed by atoms with E-state index in [1.807, 2.05) is 32.0 Å². The van der Waals surface area contributed by atoms with E-state index in [-0.39, 0.29) is 11.7 Å². The van der Waals surface area contributed by atoms with Gasteiger partial charge in [-0.3, -0.25) is 9.59 Å². The van der Waals surface area contributed by atoms with E-state index in [1.165, 1.54) is 0 Å². The first-order chi connectivity index (χ1) is 13.9. The Morgan fingerprint density at radius 3 is 2.41 bits per heavy atom. The zero-order valence-corrected chi connectivity index (χ0v) is 17.7. The second-order valence-corrected chi connectivity index (χ2v) is 7.25. The molecular formula is C22H21BrN2O4. The number of nitrogens with one attached hydrogen (secondary N) is 2. The normalized spacial score (nSPS) is 10.4. The van der Waals surface area contributed by atoms with E-state index in [2.05, 4.69) is 26.6 Å². The number of rotatable bonds is 7. The molecule has 0 aliphatic heterocycles. The fraction of sp³-hybridized carbons (Fsp3) is 0.182. The maximum absolute atomic E-state index is 12.4. The minimum Gasteiger partial charge on any atom is -0.491 e. The van der Waals surface area contributed by atoms with Gasteiger partial charge in [-0.05, 0) is 71.2 Å². The van der Waals surface area contributed by atoms with Crippen molar-refractivity contribution in [1.29, 1.82) is 0 Å². The van der Waals surface area contributed by atoms with Crippen LogP contribution in [0.15, 0.2) is 63.7 Å². The average molecular weight is 457 g/mol. The number of ether oxygens (including phenoxy) is 1. The predicted octanol–water partition coefficient (Wildman–Crippen LogP) is 4.72. The van der Waals surface area contributed by atoms with Crippen LogP contribution in [0, 0.1) is 13.8 Å². The van der Waals surface area contributed by atoms with Crippen LogP contribution in [0.25, 0.3) is 0 Å².